The molecule has 0 fully saturated rings. The van der Waals surface area contributed by atoms with Gasteiger partial charge in [0.15, 0.2) is 5.82 Å². The van der Waals surface area contributed by atoms with Crippen LogP contribution in [-0.2, 0) is 12.8 Å². The molecule has 4 rings (SSSR count). The summed E-state index contributed by atoms with van der Waals surface area (Å²) in [6, 6.07) is 6.45. The molecule has 1 aliphatic rings. The molecule has 0 saturated heterocycles. The zero-order chi connectivity index (χ0) is 13.5. The van der Waals surface area contributed by atoms with E-state index in [1.165, 1.54) is 24.0 Å². The number of nitrogens with one attached hydrogen (secondary N) is 1. The molecule has 0 saturated carbocycles. The summed E-state index contributed by atoms with van der Waals surface area (Å²) in [6.07, 6.45) is 7.01. The Balaban J connectivity index is 1.74. The van der Waals surface area contributed by atoms with Crippen LogP contribution in [0.4, 0.5) is 17.5 Å². The summed E-state index contributed by atoms with van der Waals surface area (Å²) in [5.74, 6) is 1.02. The van der Waals surface area contributed by atoms with Crippen molar-refractivity contribution >= 4 is 23.1 Å². The zero-order valence-electron chi connectivity index (χ0n) is 10.9. The van der Waals surface area contributed by atoms with Gasteiger partial charge in [0.05, 0.1) is 0 Å². The molecule has 3 aromatic rings. The van der Waals surface area contributed by atoms with E-state index in [0.717, 1.165) is 12.1 Å². The third kappa shape index (κ3) is 1.69. The predicted molar refractivity (Wildman–Crippen MR) is 76.9 cm³/mol. The van der Waals surface area contributed by atoms with Crippen LogP contribution in [0.1, 0.15) is 17.5 Å². The highest BCUT2D eigenvalue weighted by Gasteiger charge is 2.12. The van der Waals surface area contributed by atoms with Crippen molar-refractivity contribution in [2.75, 3.05) is 11.1 Å². The van der Waals surface area contributed by atoms with E-state index in [1.807, 2.05) is 0 Å². The second-order valence-corrected chi connectivity index (χ2v) is 4.99. The molecule has 100 valence electrons. The van der Waals surface area contributed by atoms with Gasteiger partial charge in [0.25, 0.3) is 0 Å². The lowest BCUT2D eigenvalue weighted by atomic mass is 10.1. The Morgan fingerprint density at radius 2 is 2.05 bits per heavy atom. The van der Waals surface area contributed by atoms with Gasteiger partial charge in [0, 0.05) is 18.1 Å². The number of hydrogen-bond acceptors (Lipinski definition) is 5. The van der Waals surface area contributed by atoms with E-state index in [4.69, 9.17) is 5.73 Å². The summed E-state index contributed by atoms with van der Waals surface area (Å²) in [4.78, 5) is 4.32. The van der Waals surface area contributed by atoms with Crippen LogP contribution in [0.25, 0.3) is 5.65 Å². The van der Waals surface area contributed by atoms with Crippen LogP contribution in [0.15, 0.2) is 30.6 Å². The van der Waals surface area contributed by atoms with Gasteiger partial charge >= 0.3 is 0 Å². The van der Waals surface area contributed by atoms with E-state index in [-0.39, 0.29) is 0 Å². The number of fused-ring (bicyclic) bond motifs is 2. The Bertz CT molecular complexity index is 791. The van der Waals surface area contributed by atoms with E-state index in [9.17, 15) is 0 Å². The molecule has 0 aliphatic heterocycles. The first-order valence-corrected chi connectivity index (χ1v) is 6.65. The van der Waals surface area contributed by atoms with Gasteiger partial charge in [0.2, 0.25) is 11.6 Å². The molecular weight excluding hydrogens is 252 g/mol. The van der Waals surface area contributed by atoms with Crippen molar-refractivity contribution in [1.82, 2.24) is 19.6 Å². The summed E-state index contributed by atoms with van der Waals surface area (Å²) < 4.78 is 1.71. The number of aryl methyl sites for hydroxylation is 2. The fourth-order valence-corrected chi connectivity index (χ4v) is 2.72. The van der Waals surface area contributed by atoms with E-state index in [1.54, 1.807) is 16.8 Å². The lowest BCUT2D eigenvalue weighted by Gasteiger charge is -2.08. The molecule has 3 N–H and O–H groups in total. The van der Waals surface area contributed by atoms with E-state index in [2.05, 4.69) is 38.7 Å². The Hall–Kier alpha value is -2.63. The minimum atomic E-state index is 0.361. The number of benzene rings is 1. The van der Waals surface area contributed by atoms with Crippen molar-refractivity contribution < 1.29 is 0 Å². The number of hydrogen-bond donors (Lipinski definition) is 2. The van der Waals surface area contributed by atoms with Gasteiger partial charge in [-0.25, -0.2) is 4.98 Å². The standard InChI is InChI=1S/C14H14N6/c15-14-19-18-13-12(16-6-7-20(13)14)17-11-5-4-9-2-1-3-10(9)8-11/h4-8H,1-3H2,(H2,15,19)(H,16,17). The van der Waals surface area contributed by atoms with Crippen molar-refractivity contribution in [3.8, 4) is 0 Å². The van der Waals surface area contributed by atoms with Gasteiger partial charge in [0.1, 0.15) is 0 Å². The highest BCUT2D eigenvalue weighted by Crippen LogP contribution is 2.27. The maximum Gasteiger partial charge on any atom is 0.226 e. The maximum atomic E-state index is 5.75. The van der Waals surface area contributed by atoms with Crippen LogP contribution >= 0.6 is 0 Å². The smallest absolute Gasteiger partial charge is 0.226 e. The van der Waals surface area contributed by atoms with Crippen molar-refractivity contribution in [2.45, 2.75) is 19.3 Å². The highest BCUT2D eigenvalue weighted by atomic mass is 15.3. The van der Waals surface area contributed by atoms with Crippen LogP contribution in [0.2, 0.25) is 0 Å². The summed E-state index contributed by atoms with van der Waals surface area (Å²) >= 11 is 0. The number of nitrogens with two attached hydrogens (primary N) is 1. The molecule has 0 amide bonds. The number of nitrogens with zero attached hydrogens (tertiary/aromatic N) is 4. The SMILES string of the molecule is Nc1nnc2c(Nc3ccc4c(c3)CCC4)nccn12. The molecule has 0 atom stereocenters. The minimum Gasteiger partial charge on any atom is -0.368 e. The average molecular weight is 266 g/mol. The topological polar surface area (TPSA) is 81.1 Å². The highest BCUT2D eigenvalue weighted by molar-refractivity contribution is 5.71. The molecule has 1 aromatic carbocycles. The second kappa shape index (κ2) is 4.19. The Morgan fingerprint density at radius 3 is 3.00 bits per heavy atom. The number of anilines is 3. The van der Waals surface area contributed by atoms with Crippen molar-refractivity contribution in [3.63, 3.8) is 0 Å². The van der Waals surface area contributed by atoms with Crippen LogP contribution < -0.4 is 11.1 Å². The Labute approximate surface area is 115 Å². The molecule has 20 heavy (non-hydrogen) atoms. The van der Waals surface area contributed by atoms with E-state index >= 15 is 0 Å². The van der Waals surface area contributed by atoms with E-state index < -0.39 is 0 Å². The summed E-state index contributed by atoms with van der Waals surface area (Å²) in [5.41, 5.74) is 10.3. The minimum absolute atomic E-state index is 0.361. The van der Waals surface area contributed by atoms with Crippen LogP contribution in [-0.4, -0.2) is 19.6 Å². The van der Waals surface area contributed by atoms with Crippen molar-refractivity contribution in [3.05, 3.63) is 41.7 Å². The zero-order valence-corrected chi connectivity index (χ0v) is 10.9. The third-order valence-corrected chi connectivity index (χ3v) is 3.71. The normalized spacial score (nSPS) is 13.6. The third-order valence-electron chi connectivity index (χ3n) is 3.71. The molecule has 6 heteroatoms. The molecule has 0 bridgehead atoms. The first-order chi connectivity index (χ1) is 9.81. The predicted octanol–water partition coefficient (Wildman–Crippen LogP) is 1.94. The number of aromatic nitrogens is 4. The molecule has 0 spiro atoms. The summed E-state index contributed by atoms with van der Waals surface area (Å²) in [5, 5.41) is 11.2. The van der Waals surface area contributed by atoms with Gasteiger partial charge in [-0.1, -0.05) is 6.07 Å². The molecule has 1 aliphatic carbocycles. The van der Waals surface area contributed by atoms with Gasteiger partial charge in [-0.05, 0) is 42.5 Å². The van der Waals surface area contributed by atoms with Gasteiger partial charge in [-0.2, -0.15) is 0 Å². The first-order valence-electron chi connectivity index (χ1n) is 6.65. The van der Waals surface area contributed by atoms with Gasteiger partial charge in [-0.3, -0.25) is 4.40 Å². The number of rotatable bonds is 2. The summed E-state index contributed by atoms with van der Waals surface area (Å²) in [6.45, 7) is 0. The second-order valence-electron chi connectivity index (χ2n) is 4.99. The monoisotopic (exact) mass is 266 g/mol. The first kappa shape index (κ1) is 11.2. The van der Waals surface area contributed by atoms with Crippen molar-refractivity contribution in [1.29, 1.82) is 0 Å². The fraction of sp³-hybridized carbons (Fsp3) is 0.214. The van der Waals surface area contributed by atoms with Gasteiger partial charge < -0.3 is 11.1 Å². The fourth-order valence-electron chi connectivity index (χ4n) is 2.72. The van der Waals surface area contributed by atoms with Crippen LogP contribution in [0, 0.1) is 0 Å². The van der Waals surface area contributed by atoms with E-state index in [0.29, 0.717) is 17.4 Å². The molecule has 0 radical (unpaired) electrons. The van der Waals surface area contributed by atoms with Crippen LogP contribution in [0.5, 0.6) is 0 Å². The molecule has 2 heterocycles. The Morgan fingerprint density at radius 1 is 1.15 bits per heavy atom. The van der Waals surface area contributed by atoms with Crippen LogP contribution in [0.3, 0.4) is 0 Å². The lowest BCUT2D eigenvalue weighted by molar-refractivity contribution is 0.912. The average Bonchev–Trinajstić information content (AvgIpc) is 3.06. The molecule has 0 unspecified atom stereocenters. The molecule has 6 nitrogen and oxygen atoms in total. The summed E-state index contributed by atoms with van der Waals surface area (Å²) in [7, 11) is 0. The molecular formula is C14H14N6. The largest absolute Gasteiger partial charge is 0.368 e. The Kier molecular flexibility index (Phi) is 2.35. The molecule has 2 aromatic heterocycles. The maximum absolute atomic E-state index is 5.75. The van der Waals surface area contributed by atoms with Crippen molar-refractivity contribution in [2.24, 2.45) is 0 Å². The quantitative estimate of drug-likeness (QED) is 0.740. The lowest BCUT2D eigenvalue weighted by Crippen LogP contribution is -2.00. The van der Waals surface area contributed by atoms with Gasteiger partial charge in [-0.15, -0.1) is 10.2 Å². The number of nitrogen functional groups attached to an aromatic ring is 1.